The number of halogens is 1. The van der Waals surface area contributed by atoms with Crippen LogP contribution in [0.2, 0.25) is 0 Å². The van der Waals surface area contributed by atoms with Gasteiger partial charge in [-0.2, -0.15) is 10.2 Å². The van der Waals surface area contributed by atoms with Crippen LogP contribution in [-0.4, -0.2) is 23.1 Å². The Labute approximate surface area is 132 Å². The highest BCUT2D eigenvalue weighted by Crippen LogP contribution is 2.25. The molecule has 0 spiro atoms. The average molecular weight is 349 g/mol. The predicted octanol–water partition coefficient (Wildman–Crippen LogP) is 3.54. The van der Waals surface area contributed by atoms with Crippen LogP contribution in [0.5, 0.6) is 5.75 Å². The first kappa shape index (κ1) is 15.6. The van der Waals surface area contributed by atoms with Crippen LogP contribution in [0.3, 0.4) is 0 Å². The van der Waals surface area contributed by atoms with Crippen molar-refractivity contribution < 1.29 is 9.53 Å². The smallest absolute Gasteiger partial charge is 0.169 e. The Kier molecular flexibility index (Phi) is 5.07. The third kappa shape index (κ3) is 3.67. The zero-order valence-corrected chi connectivity index (χ0v) is 13.9. The lowest BCUT2D eigenvalue weighted by Crippen LogP contribution is -2.11. The molecule has 21 heavy (non-hydrogen) atoms. The summed E-state index contributed by atoms with van der Waals surface area (Å²) in [7, 11) is 1.60. The second kappa shape index (κ2) is 6.80. The van der Waals surface area contributed by atoms with Crippen molar-refractivity contribution in [3.05, 3.63) is 51.3 Å². The SMILES string of the molecule is CCc1nnc(C)cc1C(=O)Cc1cc(Br)ccc1OC. The minimum absolute atomic E-state index is 0.0289. The topological polar surface area (TPSA) is 52.1 Å². The van der Waals surface area contributed by atoms with E-state index < -0.39 is 0 Å². The van der Waals surface area contributed by atoms with Gasteiger partial charge in [-0.3, -0.25) is 4.79 Å². The summed E-state index contributed by atoms with van der Waals surface area (Å²) < 4.78 is 6.24. The molecular formula is C16H17BrN2O2. The predicted molar refractivity (Wildman–Crippen MR) is 84.9 cm³/mol. The lowest BCUT2D eigenvalue weighted by molar-refractivity contribution is 0.0990. The number of benzene rings is 1. The first-order valence-electron chi connectivity index (χ1n) is 6.74. The van der Waals surface area contributed by atoms with Gasteiger partial charge in [-0.15, -0.1) is 0 Å². The van der Waals surface area contributed by atoms with E-state index in [2.05, 4.69) is 26.1 Å². The number of rotatable bonds is 5. The van der Waals surface area contributed by atoms with Crippen molar-refractivity contribution in [1.82, 2.24) is 10.2 Å². The van der Waals surface area contributed by atoms with E-state index in [1.807, 2.05) is 32.0 Å². The Morgan fingerprint density at radius 3 is 2.71 bits per heavy atom. The van der Waals surface area contributed by atoms with Crippen molar-refractivity contribution in [3.63, 3.8) is 0 Å². The molecule has 0 unspecified atom stereocenters. The maximum absolute atomic E-state index is 12.6. The van der Waals surface area contributed by atoms with Crippen LogP contribution in [-0.2, 0) is 12.8 Å². The van der Waals surface area contributed by atoms with Gasteiger partial charge in [0.25, 0.3) is 0 Å². The maximum Gasteiger partial charge on any atom is 0.169 e. The summed E-state index contributed by atoms with van der Waals surface area (Å²) in [5.41, 5.74) is 2.98. The first-order chi connectivity index (χ1) is 10.0. The van der Waals surface area contributed by atoms with E-state index in [0.717, 1.165) is 21.4 Å². The van der Waals surface area contributed by atoms with Crippen LogP contribution in [0.4, 0.5) is 0 Å². The third-order valence-electron chi connectivity index (χ3n) is 3.22. The standard InChI is InChI=1S/C16H17BrN2O2/c1-4-14-13(7-10(2)18-19-14)15(20)9-11-8-12(17)5-6-16(11)21-3/h5-8H,4,9H2,1-3H3. The molecule has 1 heterocycles. The number of carbonyl (C=O) groups is 1. The van der Waals surface area contributed by atoms with E-state index in [4.69, 9.17) is 4.74 Å². The molecule has 0 atom stereocenters. The summed E-state index contributed by atoms with van der Waals surface area (Å²) in [4.78, 5) is 12.6. The molecule has 0 aliphatic heterocycles. The number of aromatic nitrogens is 2. The minimum Gasteiger partial charge on any atom is -0.496 e. The Morgan fingerprint density at radius 2 is 2.05 bits per heavy atom. The molecule has 4 nitrogen and oxygen atoms in total. The molecule has 110 valence electrons. The number of carbonyl (C=O) groups excluding carboxylic acids is 1. The van der Waals surface area contributed by atoms with Crippen molar-refractivity contribution in [2.75, 3.05) is 7.11 Å². The van der Waals surface area contributed by atoms with Crippen molar-refractivity contribution in [3.8, 4) is 5.75 Å². The van der Waals surface area contributed by atoms with Crippen LogP contribution >= 0.6 is 15.9 Å². The molecule has 0 fully saturated rings. The minimum atomic E-state index is 0.0289. The monoisotopic (exact) mass is 348 g/mol. The zero-order valence-electron chi connectivity index (χ0n) is 12.3. The number of aryl methyl sites for hydroxylation is 2. The lowest BCUT2D eigenvalue weighted by atomic mass is 10.00. The van der Waals surface area contributed by atoms with E-state index >= 15 is 0 Å². The highest BCUT2D eigenvalue weighted by atomic mass is 79.9. The van der Waals surface area contributed by atoms with Crippen LogP contribution in [0.1, 0.15) is 34.2 Å². The molecule has 1 aromatic carbocycles. The van der Waals surface area contributed by atoms with Crippen molar-refractivity contribution in [2.24, 2.45) is 0 Å². The Morgan fingerprint density at radius 1 is 1.29 bits per heavy atom. The van der Waals surface area contributed by atoms with Gasteiger partial charge < -0.3 is 4.74 Å². The molecule has 0 aliphatic rings. The molecule has 1 aromatic heterocycles. The van der Waals surface area contributed by atoms with Crippen molar-refractivity contribution >= 4 is 21.7 Å². The molecule has 0 aliphatic carbocycles. The molecule has 0 saturated heterocycles. The highest BCUT2D eigenvalue weighted by molar-refractivity contribution is 9.10. The van der Waals surface area contributed by atoms with Crippen LogP contribution in [0.25, 0.3) is 0 Å². The average Bonchev–Trinajstić information content (AvgIpc) is 2.47. The summed E-state index contributed by atoms with van der Waals surface area (Å²) in [6.07, 6.45) is 0.963. The molecule has 0 amide bonds. The van der Waals surface area contributed by atoms with Gasteiger partial charge in [-0.25, -0.2) is 0 Å². The summed E-state index contributed by atoms with van der Waals surface area (Å²) in [5.74, 6) is 0.740. The molecule has 0 N–H and O–H groups in total. The fraction of sp³-hybridized carbons (Fsp3) is 0.312. The van der Waals surface area contributed by atoms with Crippen LogP contribution < -0.4 is 4.74 Å². The number of hydrogen-bond acceptors (Lipinski definition) is 4. The number of hydrogen-bond donors (Lipinski definition) is 0. The number of nitrogens with zero attached hydrogens (tertiary/aromatic N) is 2. The van der Waals surface area contributed by atoms with E-state index in [9.17, 15) is 4.79 Å². The van der Waals surface area contributed by atoms with Gasteiger partial charge in [0, 0.05) is 22.0 Å². The molecule has 0 radical (unpaired) electrons. The van der Waals surface area contributed by atoms with Gasteiger partial charge >= 0.3 is 0 Å². The molecule has 5 heteroatoms. The first-order valence-corrected chi connectivity index (χ1v) is 7.53. The molecule has 2 aromatic rings. The second-order valence-electron chi connectivity index (χ2n) is 4.76. The molecule has 0 saturated carbocycles. The normalized spacial score (nSPS) is 10.5. The summed E-state index contributed by atoms with van der Waals surface area (Å²) in [5, 5.41) is 8.12. The lowest BCUT2D eigenvalue weighted by Gasteiger charge is -2.10. The van der Waals surface area contributed by atoms with Gasteiger partial charge in [0.2, 0.25) is 0 Å². The summed E-state index contributed by atoms with van der Waals surface area (Å²) in [6, 6.07) is 7.45. The largest absolute Gasteiger partial charge is 0.496 e. The fourth-order valence-electron chi connectivity index (χ4n) is 2.17. The van der Waals surface area contributed by atoms with E-state index in [1.165, 1.54) is 0 Å². The molecule has 2 rings (SSSR count). The third-order valence-corrected chi connectivity index (χ3v) is 3.71. The number of Topliss-reactive ketones (excluding diaryl/α,β-unsaturated/α-hetero) is 1. The number of ketones is 1. The van der Waals surface area contributed by atoms with Gasteiger partial charge in [0.1, 0.15) is 5.75 Å². The summed E-state index contributed by atoms with van der Waals surface area (Å²) in [6.45, 7) is 3.80. The number of methoxy groups -OCH3 is 1. The van der Waals surface area contributed by atoms with Gasteiger partial charge in [0.05, 0.1) is 18.5 Å². The maximum atomic E-state index is 12.6. The number of ether oxygens (including phenoxy) is 1. The van der Waals surface area contributed by atoms with Gasteiger partial charge in [-0.05, 0) is 37.6 Å². The van der Waals surface area contributed by atoms with Gasteiger partial charge in [0.15, 0.2) is 5.78 Å². The van der Waals surface area contributed by atoms with Crippen molar-refractivity contribution in [2.45, 2.75) is 26.7 Å². The Bertz CT molecular complexity index is 671. The zero-order chi connectivity index (χ0) is 15.4. The van der Waals surface area contributed by atoms with Gasteiger partial charge in [-0.1, -0.05) is 22.9 Å². The highest BCUT2D eigenvalue weighted by Gasteiger charge is 2.16. The quantitative estimate of drug-likeness (QED) is 0.775. The van der Waals surface area contributed by atoms with E-state index in [-0.39, 0.29) is 12.2 Å². The fourth-order valence-corrected chi connectivity index (χ4v) is 2.58. The summed E-state index contributed by atoms with van der Waals surface area (Å²) >= 11 is 3.42. The molecular weight excluding hydrogens is 332 g/mol. The van der Waals surface area contributed by atoms with Crippen LogP contribution in [0.15, 0.2) is 28.7 Å². The second-order valence-corrected chi connectivity index (χ2v) is 5.67. The van der Waals surface area contributed by atoms with E-state index in [1.54, 1.807) is 13.2 Å². The molecule has 0 bridgehead atoms. The van der Waals surface area contributed by atoms with Crippen LogP contribution in [0, 0.1) is 6.92 Å². The van der Waals surface area contributed by atoms with Crippen molar-refractivity contribution in [1.29, 1.82) is 0 Å². The van der Waals surface area contributed by atoms with E-state index in [0.29, 0.717) is 17.7 Å². The Balaban J connectivity index is 2.34. The Hall–Kier alpha value is -1.75.